The Balaban J connectivity index is 1.54. The molecular formula is C27H31N5. The summed E-state index contributed by atoms with van der Waals surface area (Å²) in [5.74, 6) is 0. The summed E-state index contributed by atoms with van der Waals surface area (Å²) in [7, 11) is 0. The number of hydrogen-bond donors (Lipinski definition) is 0. The van der Waals surface area contributed by atoms with Crippen molar-refractivity contribution < 1.29 is 0 Å². The summed E-state index contributed by atoms with van der Waals surface area (Å²) in [5, 5.41) is 0. The minimum atomic E-state index is 0.875. The van der Waals surface area contributed by atoms with Crippen molar-refractivity contribution in [3.8, 4) is 11.3 Å². The predicted octanol–water partition coefficient (Wildman–Crippen LogP) is 5.17. The molecule has 0 bridgehead atoms. The fraction of sp³-hybridized carbons (Fsp3) is 0.333. The van der Waals surface area contributed by atoms with E-state index in [1.165, 1.54) is 16.8 Å². The smallest absolute Gasteiger partial charge is 0.137 e. The Labute approximate surface area is 190 Å². The molecule has 0 amide bonds. The minimum Gasteiger partial charge on any atom is -0.373 e. The van der Waals surface area contributed by atoms with Gasteiger partial charge >= 0.3 is 0 Å². The highest BCUT2D eigenvalue weighted by molar-refractivity contribution is 5.77. The Hall–Kier alpha value is -3.18. The van der Waals surface area contributed by atoms with Crippen molar-refractivity contribution in [2.45, 2.75) is 33.2 Å². The van der Waals surface area contributed by atoms with E-state index in [1.807, 2.05) is 6.21 Å². The van der Waals surface area contributed by atoms with Crippen LogP contribution in [0.5, 0.6) is 0 Å². The third-order valence-electron chi connectivity index (χ3n) is 6.49. The van der Waals surface area contributed by atoms with E-state index < -0.39 is 0 Å². The highest BCUT2D eigenvalue weighted by Crippen LogP contribution is 2.29. The maximum absolute atomic E-state index is 5.06. The SMILES string of the molecule is C=C(C)N1CCN(Cc2c(-c3ccc(C)cc3)nc3ccc(C4=CCCC=N4)cn23)CC1. The molecule has 3 aromatic rings. The molecule has 2 aromatic heterocycles. The molecular weight excluding hydrogens is 394 g/mol. The first-order valence-electron chi connectivity index (χ1n) is 11.5. The number of aryl methyl sites for hydroxylation is 1. The van der Waals surface area contributed by atoms with E-state index in [-0.39, 0.29) is 0 Å². The van der Waals surface area contributed by atoms with Crippen molar-refractivity contribution in [1.29, 1.82) is 0 Å². The van der Waals surface area contributed by atoms with Gasteiger partial charge in [-0.3, -0.25) is 9.89 Å². The van der Waals surface area contributed by atoms with Gasteiger partial charge in [-0.15, -0.1) is 0 Å². The van der Waals surface area contributed by atoms with E-state index in [0.29, 0.717) is 0 Å². The van der Waals surface area contributed by atoms with Crippen molar-refractivity contribution in [1.82, 2.24) is 19.2 Å². The van der Waals surface area contributed by atoms with E-state index in [1.54, 1.807) is 0 Å². The molecule has 1 aromatic carbocycles. The minimum absolute atomic E-state index is 0.875. The number of aliphatic imine (C=N–C) groups is 1. The number of imidazole rings is 1. The molecule has 0 N–H and O–H groups in total. The molecule has 164 valence electrons. The first-order chi connectivity index (χ1) is 15.6. The molecule has 1 fully saturated rings. The molecule has 2 aliphatic heterocycles. The highest BCUT2D eigenvalue weighted by atomic mass is 15.3. The standard InChI is InChI=1S/C27H31N5/c1-20(2)31-16-14-30(15-17-31)19-25-27(22-9-7-21(3)8-10-22)29-26-12-11-23(18-32(25)26)24-6-4-5-13-28-24/h6-13,18H,1,4-5,14-17,19H2,2-3H3. The fourth-order valence-corrected chi connectivity index (χ4v) is 4.54. The lowest BCUT2D eigenvalue weighted by Gasteiger charge is -2.36. The van der Waals surface area contributed by atoms with E-state index >= 15 is 0 Å². The van der Waals surface area contributed by atoms with Gasteiger partial charge in [0.1, 0.15) is 5.65 Å². The van der Waals surface area contributed by atoms with E-state index in [2.05, 4.69) is 88.3 Å². The van der Waals surface area contributed by atoms with Crippen LogP contribution in [0.3, 0.4) is 0 Å². The second-order valence-corrected chi connectivity index (χ2v) is 8.90. The summed E-state index contributed by atoms with van der Waals surface area (Å²) in [6.45, 7) is 13.3. The average Bonchev–Trinajstić information content (AvgIpc) is 3.18. The monoisotopic (exact) mass is 425 g/mol. The second kappa shape index (κ2) is 8.75. The molecule has 5 rings (SSSR count). The quantitative estimate of drug-likeness (QED) is 0.566. The summed E-state index contributed by atoms with van der Waals surface area (Å²) in [6, 6.07) is 13.0. The van der Waals surface area contributed by atoms with Crippen molar-refractivity contribution in [2.75, 3.05) is 26.2 Å². The number of nitrogens with zero attached hydrogens (tertiary/aromatic N) is 5. The fourth-order valence-electron chi connectivity index (χ4n) is 4.54. The van der Waals surface area contributed by atoms with Gasteiger partial charge in [0.2, 0.25) is 0 Å². The number of allylic oxidation sites excluding steroid dienone is 2. The second-order valence-electron chi connectivity index (χ2n) is 8.90. The molecule has 0 saturated carbocycles. The first kappa shape index (κ1) is 20.7. The maximum Gasteiger partial charge on any atom is 0.137 e. The van der Waals surface area contributed by atoms with Crippen molar-refractivity contribution in [3.05, 3.63) is 77.8 Å². The molecule has 0 radical (unpaired) electrons. The van der Waals surface area contributed by atoms with Gasteiger partial charge < -0.3 is 9.30 Å². The van der Waals surface area contributed by atoms with Crippen LogP contribution in [0.2, 0.25) is 0 Å². The molecule has 1 saturated heterocycles. The van der Waals surface area contributed by atoms with E-state index in [9.17, 15) is 0 Å². The number of benzene rings is 1. The normalized spacial score (nSPS) is 17.1. The number of aromatic nitrogens is 2. The topological polar surface area (TPSA) is 36.1 Å². The van der Waals surface area contributed by atoms with Gasteiger partial charge in [-0.25, -0.2) is 4.98 Å². The van der Waals surface area contributed by atoms with Crippen molar-refractivity contribution in [3.63, 3.8) is 0 Å². The van der Waals surface area contributed by atoms with Gasteiger partial charge in [0.15, 0.2) is 0 Å². The van der Waals surface area contributed by atoms with Crippen LogP contribution in [0.15, 0.2) is 65.9 Å². The summed E-state index contributed by atoms with van der Waals surface area (Å²) in [6.07, 6.45) is 8.54. The van der Waals surface area contributed by atoms with Crippen LogP contribution in [-0.4, -0.2) is 51.6 Å². The van der Waals surface area contributed by atoms with Crippen LogP contribution in [0.25, 0.3) is 22.6 Å². The maximum atomic E-state index is 5.06. The largest absolute Gasteiger partial charge is 0.373 e. The van der Waals surface area contributed by atoms with Crippen LogP contribution in [0.4, 0.5) is 0 Å². The molecule has 5 heteroatoms. The Morgan fingerprint density at radius 3 is 2.41 bits per heavy atom. The Kier molecular flexibility index (Phi) is 5.66. The highest BCUT2D eigenvalue weighted by Gasteiger charge is 2.21. The van der Waals surface area contributed by atoms with Crippen LogP contribution >= 0.6 is 0 Å². The van der Waals surface area contributed by atoms with Gasteiger partial charge in [-0.05, 0) is 38.8 Å². The Morgan fingerprint density at radius 1 is 0.969 bits per heavy atom. The number of piperazine rings is 1. The number of fused-ring (bicyclic) bond motifs is 1. The zero-order valence-electron chi connectivity index (χ0n) is 19.1. The van der Waals surface area contributed by atoms with Crippen LogP contribution in [-0.2, 0) is 6.54 Å². The first-order valence-corrected chi connectivity index (χ1v) is 11.5. The summed E-state index contributed by atoms with van der Waals surface area (Å²) < 4.78 is 2.28. The molecule has 2 aliphatic rings. The Morgan fingerprint density at radius 2 is 1.72 bits per heavy atom. The molecule has 32 heavy (non-hydrogen) atoms. The number of pyridine rings is 1. The summed E-state index contributed by atoms with van der Waals surface area (Å²) in [4.78, 5) is 14.6. The van der Waals surface area contributed by atoms with Gasteiger partial charge in [-0.1, -0.05) is 42.5 Å². The molecule has 0 aliphatic carbocycles. The lowest BCUT2D eigenvalue weighted by molar-refractivity contribution is 0.152. The van der Waals surface area contributed by atoms with Gasteiger partial charge in [0, 0.05) is 62.0 Å². The van der Waals surface area contributed by atoms with Crippen LogP contribution < -0.4 is 0 Å². The molecule has 0 unspecified atom stereocenters. The molecule has 5 nitrogen and oxygen atoms in total. The zero-order valence-corrected chi connectivity index (χ0v) is 19.1. The van der Waals surface area contributed by atoms with Crippen molar-refractivity contribution >= 4 is 17.6 Å². The predicted molar refractivity (Wildman–Crippen MR) is 133 cm³/mol. The molecule has 0 spiro atoms. The average molecular weight is 426 g/mol. The third kappa shape index (κ3) is 4.13. The van der Waals surface area contributed by atoms with Gasteiger partial charge in [0.25, 0.3) is 0 Å². The van der Waals surface area contributed by atoms with E-state index in [4.69, 9.17) is 4.98 Å². The van der Waals surface area contributed by atoms with Crippen LogP contribution in [0.1, 0.15) is 36.6 Å². The lowest BCUT2D eigenvalue weighted by Crippen LogP contribution is -2.44. The lowest BCUT2D eigenvalue weighted by atomic mass is 10.1. The summed E-state index contributed by atoms with van der Waals surface area (Å²) >= 11 is 0. The zero-order chi connectivity index (χ0) is 22.1. The Bertz CT molecular complexity index is 1190. The number of rotatable bonds is 5. The summed E-state index contributed by atoms with van der Waals surface area (Å²) in [5.41, 5.74) is 9.11. The van der Waals surface area contributed by atoms with Gasteiger partial charge in [-0.2, -0.15) is 0 Å². The van der Waals surface area contributed by atoms with Crippen LogP contribution in [0, 0.1) is 6.92 Å². The van der Waals surface area contributed by atoms with Crippen molar-refractivity contribution in [2.24, 2.45) is 4.99 Å². The van der Waals surface area contributed by atoms with E-state index in [0.717, 1.165) is 73.9 Å². The molecule has 4 heterocycles. The molecule has 0 atom stereocenters. The van der Waals surface area contributed by atoms with Gasteiger partial charge in [0.05, 0.1) is 17.1 Å². The number of hydrogen-bond acceptors (Lipinski definition) is 4. The third-order valence-corrected chi connectivity index (χ3v) is 6.49.